The lowest BCUT2D eigenvalue weighted by atomic mass is 10.1. The second-order valence-electron chi connectivity index (χ2n) is 7.01. The molecular formula is C21H21ClFN3O2S. The summed E-state index contributed by atoms with van der Waals surface area (Å²) >= 11 is 7.14. The fourth-order valence-corrected chi connectivity index (χ4v) is 3.79. The second-order valence-corrected chi connectivity index (χ2v) is 8.36. The maximum Gasteiger partial charge on any atom is 0.262 e. The van der Waals surface area contributed by atoms with Crippen LogP contribution in [-0.2, 0) is 11.3 Å². The van der Waals surface area contributed by atoms with E-state index < -0.39 is 5.82 Å². The molecule has 1 aromatic heterocycles. The van der Waals surface area contributed by atoms with E-state index in [1.807, 2.05) is 12.1 Å². The number of hydrogen-bond donors (Lipinski definition) is 1. The summed E-state index contributed by atoms with van der Waals surface area (Å²) in [6.45, 7) is 4.71. The average molecular weight is 434 g/mol. The highest BCUT2D eigenvalue weighted by Gasteiger charge is 2.14. The number of benzene rings is 2. The number of anilines is 1. The van der Waals surface area contributed by atoms with E-state index in [1.54, 1.807) is 16.7 Å². The Morgan fingerprint density at radius 1 is 1.28 bits per heavy atom. The highest BCUT2D eigenvalue weighted by molar-refractivity contribution is 7.99. The molecule has 0 spiro atoms. The first-order chi connectivity index (χ1) is 13.8. The van der Waals surface area contributed by atoms with E-state index in [1.165, 1.54) is 23.9 Å². The van der Waals surface area contributed by atoms with Crippen LogP contribution in [-0.4, -0.2) is 21.2 Å². The van der Waals surface area contributed by atoms with Crippen LogP contribution in [0, 0.1) is 11.7 Å². The quantitative estimate of drug-likeness (QED) is 0.422. The third kappa shape index (κ3) is 5.36. The van der Waals surface area contributed by atoms with E-state index in [2.05, 4.69) is 24.1 Å². The first-order valence-electron chi connectivity index (χ1n) is 9.22. The molecule has 152 valence electrons. The van der Waals surface area contributed by atoms with Gasteiger partial charge in [0.15, 0.2) is 5.16 Å². The first-order valence-corrected chi connectivity index (χ1v) is 10.6. The minimum Gasteiger partial charge on any atom is -0.324 e. The van der Waals surface area contributed by atoms with Gasteiger partial charge in [-0.15, -0.1) is 0 Å². The van der Waals surface area contributed by atoms with Gasteiger partial charge < -0.3 is 5.32 Å². The standard InChI is InChI=1S/C21H21ClFN3O2S/c1-13(2)9-10-26-20(28)15-5-3-4-6-17(15)25-21(26)29-12-19(27)24-18-8-7-14(23)11-16(18)22/h3-8,11,13H,9-10,12H2,1-2H3,(H,24,27). The molecule has 2 aromatic carbocycles. The number of amides is 1. The Morgan fingerprint density at radius 2 is 2.03 bits per heavy atom. The molecule has 3 rings (SSSR count). The van der Waals surface area contributed by atoms with Crippen LogP contribution in [0.2, 0.25) is 5.02 Å². The molecule has 0 atom stereocenters. The summed E-state index contributed by atoms with van der Waals surface area (Å²) in [6.07, 6.45) is 0.824. The van der Waals surface area contributed by atoms with Crippen LogP contribution >= 0.6 is 23.4 Å². The largest absolute Gasteiger partial charge is 0.324 e. The van der Waals surface area contributed by atoms with Gasteiger partial charge in [0.1, 0.15) is 5.82 Å². The number of nitrogens with one attached hydrogen (secondary N) is 1. The van der Waals surface area contributed by atoms with Gasteiger partial charge in [0.05, 0.1) is 27.4 Å². The maximum atomic E-state index is 13.2. The number of fused-ring (bicyclic) bond motifs is 1. The molecule has 0 unspecified atom stereocenters. The van der Waals surface area contributed by atoms with E-state index in [-0.39, 0.29) is 22.2 Å². The first kappa shape index (κ1) is 21.3. The van der Waals surface area contributed by atoms with Crippen molar-refractivity contribution in [2.24, 2.45) is 5.92 Å². The number of aromatic nitrogens is 2. The highest BCUT2D eigenvalue weighted by atomic mass is 35.5. The minimum atomic E-state index is -0.475. The van der Waals surface area contributed by atoms with Gasteiger partial charge in [-0.1, -0.05) is 49.3 Å². The Hall–Kier alpha value is -2.38. The molecule has 3 aromatic rings. The average Bonchev–Trinajstić information content (AvgIpc) is 2.68. The van der Waals surface area contributed by atoms with Gasteiger partial charge in [0.2, 0.25) is 5.91 Å². The van der Waals surface area contributed by atoms with Gasteiger partial charge >= 0.3 is 0 Å². The molecule has 5 nitrogen and oxygen atoms in total. The van der Waals surface area contributed by atoms with Crippen LogP contribution in [0.3, 0.4) is 0 Å². The molecule has 29 heavy (non-hydrogen) atoms. The van der Waals surface area contributed by atoms with E-state index >= 15 is 0 Å². The summed E-state index contributed by atoms with van der Waals surface area (Å²) in [6, 6.07) is 10.9. The van der Waals surface area contributed by atoms with Gasteiger partial charge in [-0.3, -0.25) is 14.2 Å². The normalized spacial score (nSPS) is 11.2. The van der Waals surface area contributed by atoms with Crippen molar-refractivity contribution in [1.82, 2.24) is 9.55 Å². The summed E-state index contributed by atoms with van der Waals surface area (Å²) in [5.41, 5.74) is 0.825. The van der Waals surface area contributed by atoms with Crippen molar-refractivity contribution in [1.29, 1.82) is 0 Å². The highest BCUT2D eigenvalue weighted by Crippen LogP contribution is 2.24. The fraction of sp³-hybridized carbons (Fsp3) is 0.286. The van der Waals surface area contributed by atoms with Gasteiger partial charge in [-0.25, -0.2) is 9.37 Å². The fourth-order valence-electron chi connectivity index (χ4n) is 2.75. The smallest absolute Gasteiger partial charge is 0.262 e. The lowest BCUT2D eigenvalue weighted by Crippen LogP contribution is -2.25. The molecule has 0 fully saturated rings. The predicted molar refractivity (Wildman–Crippen MR) is 116 cm³/mol. The van der Waals surface area contributed by atoms with E-state index in [9.17, 15) is 14.0 Å². The zero-order chi connectivity index (χ0) is 21.0. The molecule has 0 aliphatic carbocycles. The Kier molecular flexibility index (Phi) is 6.92. The molecule has 1 amide bonds. The zero-order valence-corrected chi connectivity index (χ0v) is 17.7. The van der Waals surface area contributed by atoms with E-state index in [0.29, 0.717) is 34.2 Å². The molecule has 1 N–H and O–H groups in total. The van der Waals surface area contributed by atoms with Crippen molar-refractivity contribution in [3.63, 3.8) is 0 Å². The number of halogens is 2. The van der Waals surface area contributed by atoms with Crippen LogP contribution in [0.4, 0.5) is 10.1 Å². The summed E-state index contributed by atoms with van der Waals surface area (Å²) in [5.74, 6) is -0.325. The number of para-hydroxylation sites is 1. The molecule has 0 aliphatic heterocycles. The van der Waals surface area contributed by atoms with Crippen molar-refractivity contribution in [3.8, 4) is 0 Å². The molecule has 0 radical (unpaired) electrons. The zero-order valence-electron chi connectivity index (χ0n) is 16.1. The predicted octanol–water partition coefficient (Wildman–Crippen LogP) is 4.97. The summed E-state index contributed by atoms with van der Waals surface area (Å²) in [5, 5.41) is 3.84. The number of carbonyl (C=O) groups excluding carboxylic acids is 1. The van der Waals surface area contributed by atoms with Crippen molar-refractivity contribution in [3.05, 3.63) is 63.7 Å². The molecule has 0 aliphatic rings. The number of carbonyl (C=O) groups is 1. The summed E-state index contributed by atoms with van der Waals surface area (Å²) < 4.78 is 14.8. The number of thioether (sulfide) groups is 1. The molecule has 0 saturated heterocycles. The summed E-state index contributed by atoms with van der Waals surface area (Å²) in [4.78, 5) is 29.9. The second kappa shape index (κ2) is 9.41. The number of rotatable bonds is 7. The van der Waals surface area contributed by atoms with Crippen LogP contribution in [0.1, 0.15) is 20.3 Å². The molecule has 0 saturated carbocycles. The number of nitrogens with zero attached hydrogens (tertiary/aromatic N) is 2. The number of hydrogen-bond acceptors (Lipinski definition) is 4. The van der Waals surface area contributed by atoms with Crippen LogP contribution in [0.5, 0.6) is 0 Å². The van der Waals surface area contributed by atoms with Crippen molar-refractivity contribution in [2.75, 3.05) is 11.1 Å². The Bertz CT molecular complexity index is 1100. The van der Waals surface area contributed by atoms with Crippen molar-refractivity contribution >= 4 is 45.9 Å². The summed E-state index contributed by atoms with van der Waals surface area (Å²) in [7, 11) is 0. The Balaban J connectivity index is 1.81. The minimum absolute atomic E-state index is 0.0418. The van der Waals surface area contributed by atoms with E-state index in [0.717, 1.165) is 12.5 Å². The van der Waals surface area contributed by atoms with Gasteiger partial charge in [0.25, 0.3) is 5.56 Å². The molecule has 8 heteroatoms. The van der Waals surface area contributed by atoms with Gasteiger partial charge in [-0.2, -0.15) is 0 Å². The SMILES string of the molecule is CC(C)CCn1c(SCC(=O)Nc2ccc(F)cc2Cl)nc2ccccc2c1=O. The van der Waals surface area contributed by atoms with Gasteiger partial charge in [0, 0.05) is 6.54 Å². The lowest BCUT2D eigenvalue weighted by molar-refractivity contribution is -0.113. The maximum absolute atomic E-state index is 13.2. The van der Waals surface area contributed by atoms with Crippen LogP contribution in [0.15, 0.2) is 52.4 Å². The van der Waals surface area contributed by atoms with Gasteiger partial charge in [-0.05, 0) is 42.7 Å². The molecular weight excluding hydrogens is 413 g/mol. The third-order valence-electron chi connectivity index (χ3n) is 4.29. The molecule has 0 bridgehead atoms. The third-order valence-corrected chi connectivity index (χ3v) is 5.58. The van der Waals surface area contributed by atoms with Crippen molar-refractivity contribution in [2.45, 2.75) is 32.0 Å². The Morgan fingerprint density at radius 3 is 2.76 bits per heavy atom. The van der Waals surface area contributed by atoms with Crippen LogP contribution in [0.25, 0.3) is 10.9 Å². The van der Waals surface area contributed by atoms with E-state index in [4.69, 9.17) is 11.6 Å². The van der Waals surface area contributed by atoms with Crippen LogP contribution < -0.4 is 10.9 Å². The topological polar surface area (TPSA) is 64.0 Å². The molecule has 1 heterocycles. The van der Waals surface area contributed by atoms with Crippen molar-refractivity contribution < 1.29 is 9.18 Å². The monoisotopic (exact) mass is 433 g/mol. The Labute approximate surface area is 177 Å². The lowest BCUT2D eigenvalue weighted by Gasteiger charge is -2.14.